The van der Waals surface area contributed by atoms with E-state index in [0.29, 0.717) is 6.07 Å². The van der Waals surface area contributed by atoms with Crippen LogP contribution in [0.15, 0.2) is 29.2 Å². The normalized spacial score (nSPS) is 10.4. The standard InChI is InChI=1S/C18H13ClF3N3O3.CH5N/c1-23-12-5-13(10(21)4-9(12)20)25-6-8(18(27)28)17(26)7-3-11(22)15(24-2)14(19)16(7)25;1-2/h3-6,23-24H,1-2H3,(H,27,28);2H2,1H3. The first kappa shape index (κ1) is 23.0. The molecule has 2 aromatic carbocycles. The van der Waals surface area contributed by atoms with Gasteiger partial charge in [0.05, 0.1) is 33.0 Å². The predicted molar refractivity (Wildman–Crippen MR) is 111 cm³/mol. The minimum atomic E-state index is -1.59. The molecule has 1 heterocycles. The Bertz CT molecular complexity index is 1200. The van der Waals surface area contributed by atoms with E-state index in [4.69, 9.17) is 11.6 Å². The fraction of sp³-hybridized carbons (Fsp3) is 0.158. The second-order valence-corrected chi connectivity index (χ2v) is 6.15. The molecule has 0 saturated heterocycles. The first-order valence-corrected chi connectivity index (χ1v) is 8.82. The highest BCUT2D eigenvalue weighted by atomic mass is 35.5. The molecule has 0 atom stereocenters. The number of fused-ring (bicyclic) bond motifs is 1. The topological polar surface area (TPSA) is 109 Å². The minimum absolute atomic E-state index is 0.0767. The van der Waals surface area contributed by atoms with Gasteiger partial charge in [0, 0.05) is 26.4 Å². The molecule has 7 nitrogen and oxygen atoms in total. The maximum absolute atomic E-state index is 14.6. The fourth-order valence-electron chi connectivity index (χ4n) is 2.90. The van der Waals surface area contributed by atoms with Crippen molar-refractivity contribution in [3.63, 3.8) is 0 Å². The van der Waals surface area contributed by atoms with Crippen LogP contribution in [-0.4, -0.2) is 36.8 Å². The van der Waals surface area contributed by atoms with Gasteiger partial charge in [0.2, 0.25) is 5.43 Å². The summed E-state index contributed by atoms with van der Waals surface area (Å²) < 4.78 is 43.7. The molecule has 0 aliphatic heterocycles. The Hall–Kier alpha value is -3.24. The number of nitrogens with one attached hydrogen (secondary N) is 2. The first-order valence-electron chi connectivity index (χ1n) is 8.44. The molecule has 0 bridgehead atoms. The molecule has 0 unspecified atom stereocenters. The molecule has 5 N–H and O–H groups in total. The number of halogens is 4. The lowest BCUT2D eigenvalue weighted by molar-refractivity contribution is 0.0695. The van der Waals surface area contributed by atoms with E-state index in [0.717, 1.165) is 22.9 Å². The largest absolute Gasteiger partial charge is 0.477 e. The van der Waals surface area contributed by atoms with Gasteiger partial charge in [0.25, 0.3) is 0 Å². The number of hydrogen-bond acceptors (Lipinski definition) is 5. The Morgan fingerprint density at radius 1 is 1.07 bits per heavy atom. The molecule has 11 heteroatoms. The molecular weight excluding hydrogens is 425 g/mol. The van der Waals surface area contributed by atoms with Gasteiger partial charge in [0.15, 0.2) is 0 Å². The summed E-state index contributed by atoms with van der Waals surface area (Å²) in [4.78, 5) is 24.0. The van der Waals surface area contributed by atoms with Gasteiger partial charge in [-0.05, 0) is 19.2 Å². The molecule has 3 rings (SSSR count). The van der Waals surface area contributed by atoms with Crippen LogP contribution in [0.5, 0.6) is 0 Å². The summed E-state index contributed by atoms with van der Waals surface area (Å²) in [6, 6.07) is 2.50. The number of anilines is 2. The van der Waals surface area contributed by atoms with E-state index in [2.05, 4.69) is 16.4 Å². The van der Waals surface area contributed by atoms with E-state index in [1.54, 1.807) is 0 Å². The minimum Gasteiger partial charge on any atom is -0.477 e. The second kappa shape index (κ2) is 9.06. The van der Waals surface area contributed by atoms with Gasteiger partial charge >= 0.3 is 5.97 Å². The van der Waals surface area contributed by atoms with Gasteiger partial charge in [-0.2, -0.15) is 0 Å². The molecule has 0 aliphatic carbocycles. The van der Waals surface area contributed by atoms with Crippen molar-refractivity contribution in [2.45, 2.75) is 0 Å². The van der Waals surface area contributed by atoms with E-state index < -0.39 is 34.4 Å². The van der Waals surface area contributed by atoms with Gasteiger partial charge < -0.3 is 26.0 Å². The summed E-state index contributed by atoms with van der Waals surface area (Å²) in [6.07, 6.45) is 0.867. The number of aromatic nitrogens is 1. The third-order valence-corrected chi connectivity index (χ3v) is 4.59. The summed E-state index contributed by atoms with van der Waals surface area (Å²) in [7, 11) is 4.30. The fourth-order valence-corrected chi connectivity index (χ4v) is 3.28. The van der Waals surface area contributed by atoms with Crippen LogP contribution in [-0.2, 0) is 0 Å². The van der Waals surface area contributed by atoms with Crippen molar-refractivity contribution < 1.29 is 23.1 Å². The molecular formula is C19H18ClF3N4O3. The number of benzene rings is 2. The van der Waals surface area contributed by atoms with Crippen molar-refractivity contribution in [3.8, 4) is 5.69 Å². The van der Waals surface area contributed by atoms with Crippen molar-refractivity contribution >= 4 is 39.8 Å². The molecule has 0 amide bonds. The number of nitrogens with zero attached hydrogens (tertiary/aromatic N) is 1. The highest BCUT2D eigenvalue weighted by Gasteiger charge is 2.23. The van der Waals surface area contributed by atoms with E-state index in [1.807, 2.05) is 0 Å². The maximum atomic E-state index is 14.6. The Balaban J connectivity index is 0.00000155. The van der Waals surface area contributed by atoms with E-state index in [1.165, 1.54) is 21.1 Å². The molecule has 30 heavy (non-hydrogen) atoms. The smallest absolute Gasteiger partial charge is 0.341 e. The van der Waals surface area contributed by atoms with Crippen LogP contribution >= 0.6 is 11.6 Å². The lowest BCUT2D eigenvalue weighted by Gasteiger charge is -2.17. The molecule has 0 radical (unpaired) electrons. The summed E-state index contributed by atoms with van der Waals surface area (Å²) in [5, 5.41) is 13.8. The second-order valence-electron chi connectivity index (χ2n) is 5.77. The van der Waals surface area contributed by atoms with Crippen molar-refractivity contribution in [1.29, 1.82) is 0 Å². The molecule has 0 aliphatic rings. The van der Waals surface area contributed by atoms with E-state index in [9.17, 15) is 27.9 Å². The van der Waals surface area contributed by atoms with Crippen molar-refractivity contribution in [1.82, 2.24) is 4.57 Å². The first-order chi connectivity index (χ1) is 14.2. The zero-order chi connectivity index (χ0) is 22.7. The van der Waals surface area contributed by atoms with Crippen molar-refractivity contribution in [3.05, 3.63) is 62.7 Å². The number of carbonyl (C=O) groups is 1. The van der Waals surface area contributed by atoms with Crippen LogP contribution in [0, 0.1) is 17.5 Å². The summed E-state index contributed by atoms with van der Waals surface area (Å²) in [6.45, 7) is 0. The predicted octanol–water partition coefficient (Wildman–Crippen LogP) is 3.42. The SMILES string of the molecule is CN.CNc1cc(-n2cc(C(=O)O)c(=O)c3cc(F)c(NC)c(Cl)c32)c(F)cc1F. The summed E-state index contributed by atoms with van der Waals surface area (Å²) in [5.41, 5.74) is 2.13. The van der Waals surface area contributed by atoms with Crippen LogP contribution in [0.4, 0.5) is 24.5 Å². The van der Waals surface area contributed by atoms with Crippen LogP contribution in [0.3, 0.4) is 0 Å². The monoisotopic (exact) mass is 442 g/mol. The lowest BCUT2D eigenvalue weighted by atomic mass is 10.1. The third-order valence-electron chi connectivity index (χ3n) is 4.23. The Kier molecular flexibility index (Phi) is 6.96. The van der Waals surface area contributed by atoms with Crippen LogP contribution in [0.2, 0.25) is 5.02 Å². The summed E-state index contributed by atoms with van der Waals surface area (Å²) in [5.74, 6) is -4.39. The molecule has 0 fully saturated rings. The molecule has 0 spiro atoms. The zero-order valence-electron chi connectivity index (χ0n) is 16.1. The molecule has 1 aromatic heterocycles. The highest BCUT2D eigenvalue weighted by Crippen LogP contribution is 2.35. The van der Waals surface area contributed by atoms with E-state index >= 15 is 0 Å². The van der Waals surface area contributed by atoms with Crippen LogP contribution < -0.4 is 21.8 Å². The average Bonchev–Trinajstić information content (AvgIpc) is 2.71. The van der Waals surface area contributed by atoms with Gasteiger partial charge in [-0.3, -0.25) is 4.79 Å². The molecule has 3 aromatic rings. The number of carboxylic acid groups (broad SMARTS) is 1. The Morgan fingerprint density at radius 2 is 1.70 bits per heavy atom. The number of pyridine rings is 1. The number of nitrogens with two attached hydrogens (primary N) is 1. The number of rotatable bonds is 4. The quantitative estimate of drug-likeness (QED) is 0.493. The van der Waals surface area contributed by atoms with Gasteiger partial charge in [-0.15, -0.1) is 0 Å². The number of hydrogen-bond donors (Lipinski definition) is 4. The van der Waals surface area contributed by atoms with Gasteiger partial charge in [-0.25, -0.2) is 18.0 Å². The van der Waals surface area contributed by atoms with Crippen molar-refractivity contribution in [2.24, 2.45) is 5.73 Å². The Morgan fingerprint density at radius 3 is 2.23 bits per heavy atom. The van der Waals surface area contributed by atoms with Crippen LogP contribution in [0.25, 0.3) is 16.6 Å². The van der Waals surface area contributed by atoms with Gasteiger partial charge in [0.1, 0.15) is 23.0 Å². The lowest BCUT2D eigenvalue weighted by Crippen LogP contribution is -2.19. The zero-order valence-corrected chi connectivity index (χ0v) is 16.9. The molecule has 0 saturated carbocycles. The molecule has 160 valence electrons. The van der Waals surface area contributed by atoms with Gasteiger partial charge in [-0.1, -0.05) is 11.6 Å². The summed E-state index contributed by atoms with van der Waals surface area (Å²) >= 11 is 6.24. The third kappa shape index (κ3) is 3.79. The number of aromatic carboxylic acids is 1. The number of carboxylic acids is 1. The average molecular weight is 443 g/mol. The van der Waals surface area contributed by atoms with E-state index in [-0.39, 0.29) is 33.0 Å². The van der Waals surface area contributed by atoms with Crippen LogP contribution in [0.1, 0.15) is 10.4 Å². The highest BCUT2D eigenvalue weighted by molar-refractivity contribution is 6.38. The maximum Gasteiger partial charge on any atom is 0.341 e. The Labute approximate surface area is 173 Å². The van der Waals surface area contributed by atoms with Crippen molar-refractivity contribution in [2.75, 3.05) is 31.8 Å².